The van der Waals surface area contributed by atoms with Crippen molar-refractivity contribution in [3.05, 3.63) is 77.6 Å². The number of carbonyl (C=O) groups is 2. The monoisotopic (exact) mass is 435 g/mol. The van der Waals surface area contributed by atoms with Gasteiger partial charge in [0.05, 0.1) is 5.41 Å². The van der Waals surface area contributed by atoms with Crippen molar-refractivity contribution in [2.75, 3.05) is 20.3 Å². The van der Waals surface area contributed by atoms with Gasteiger partial charge in [-0.3, -0.25) is 14.3 Å². The zero-order valence-electron chi connectivity index (χ0n) is 17.6. The standard InChI is InChI=1S/C24H25N3O3S/c1-25-23(29)24(11-14-30-15-12-24)18-4-3-5-20(16-18)31-19-8-6-17(7-9-19)22(28)21-10-13-26-27(21)2/h3-10,13,16H,11-12,14-15H2,1-2H3,(H,25,29). The van der Waals surface area contributed by atoms with Gasteiger partial charge in [-0.15, -0.1) is 0 Å². The molecule has 0 saturated carbocycles. The normalized spacial score (nSPS) is 15.4. The van der Waals surface area contributed by atoms with Crippen molar-refractivity contribution < 1.29 is 14.3 Å². The second-order valence-corrected chi connectivity index (χ2v) is 8.74. The van der Waals surface area contributed by atoms with E-state index in [1.807, 2.05) is 42.5 Å². The van der Waals surface area contributed by atoms with Gasteiger partial charge in [-0.2, -0.15) is 5.10 Å². The molecule has 1 N–H and O–H groups in total. The summed E-state index contributed by atoms with van der Waals surface area (Å²) in [6.45, 7) is 1.16. The highest BCUT2D eigenvalue weighted by atomic mass is 32.2. The minimum Gasteiger partial charge on any atom is -0.381 e. The number of aryl methyl sites for hydroxylation is 1. The van der Waals surface area contributed by atoms with E-state index in [0.717, 1.165) is 15.4 Å². The predicted molar refractivity (Wildman–Crippen MR) is 119 cm³/mol. The second-order valence-electron chi connectivity index (χ2n) is 7.60. The molecule has 4 rings (SSSR count). The molecule has 1 aliphatic heterocycles. The number of hydrogen-bond donors (Lipinski definition) is 1. The van der Waals surface area contributed by atoms with Crippen molar-refractivity contribution in [2.45, 2.75) is 28.0 Å². The highest BCUT2D eigenvalue weighted by Gasteiger charge is 2.41. The molecular weight excluding hydrogens is 410 g/mol. The predicted octanol–water partition coefficient (Wildman–Crippen LogP) is 3.60. The minimum absolute atomic E-state index is 0.0379. The molecule has 2 aromatic carbocycles. The van der Waals surface area contributed by atoms with Gasteiger partial charge in [0, 0.05) is 48.9 Å². The summed E-state index contributed by atoms with van der Waals surface area (Å²) in [5, 5.41) is 6.90. The number of nitrogens with one attached hydrogen (secondary N) is 1. The molecule has 0 unspecified atom stereocenters. The Morgan fingerprint density at radius 1 is 1.06 bits per heavy atom. The molecule has 1 saturated heterocycles. The Balaban J connectivity index is 1.54. The summed E-state index contributed by atoms with van der Waals surface area (Å²) in [5.41, 5.74) is 1.65. The Hall–Kier alpha value is -2.90. The third kappa shape index (κ3) is 4.29. The van der Waals surface area contributed by atoms with E-state index in [-0.39, 0.29) is 11.7 Å². The number of benzene rings is 2. The largest absolute Gasteiger partial charge is 0.381 e. The quantitative estimate of drug-likeness (QED) is 0.599. The number of nitrogens with zero attached hydrogens (tertiary/aromatic N) is 2. The third-order valence-corrected chi connectivity index (χ3v) is 6.80. The molecule has 3 aromatic rings. The lowest BCUT2D eigenvalue weighted by Crippen LogP contribution is -2.46. The summed E-state index contributed by atoms with van der Waals surface area (Å²) in [6.07, 6.45) is 2.96. The van der Waals surface area contributed by atoms with Crippen LogP contribution in [0.3, 0.4) is 0 Å². The Bertz CT molecular complexity index is 1090. The lowest BCUT2D eigenvalue weighted by molar-refractivity contribution is -0.130. The zero-order valence-corrected chi connectivity index (χ0v) is 18.4. The van der Waals surface area contributed by atoms with Crippen LogP contribution in [-0.2, 0) is 22.0 Å². The summed E-state index contributed by atoms with van der Waals surface area (Å²) < 4.78 is 7.09. The molecule has 6 nitrogen and oxygen atoms in total. The summed E-state index contributed by atoms with van der Waals surface area (Å²) in [5.74, 6) is -0.0124. The molecule has 31 heavy (non-hydrogen) atoms. The van der Waals surface area contributed by atoms with Crippen molar-refractivity contribution >= 4 is 23.5 Å². The van der Waals surface area contributed by atoms with Gasteiger partial charge < -0.3 is 10.1 Å². The van der Waals surface area contributed by atoms with Gasteiger partial charge in [-0.1, -0.05) is 23.9 Å². The van der Waals surface area contributed by atoms with Gasteiger partial charge in [0.25, 0.3) is 0 Å². The molecule has 160 valence electrons. The Kier molecular flexibility index (Phi) is 6.25. The van der Waals surface area contributed by atoms with Crippen molar-refractivity contribution in [1.82, 2.24) is 15.1 Å². The molecule has 0 radical (unpaired) electrons. The zero-order chi connectivity index (χ0) is 21.8. The molecule has 0 atom stereocenters. The number of ketones is 1. The fourth-order valence-corrected chi connectivity index (χ4v) is 4.90. The van der Waals surface area contributed by atoms with Crippen LogP contribution in [0, 0.1) is 0 Å². The SMILES string of the molecule is CNC(=O)C1(c2cccc(Sc3ccc(C(=O)c4ccnn4C)cc3)c2)CCOCC1. The van der Waals surface area contributed by atoms with E-state index in [0.29, 0.717) is 37.3 Å². The molecule has 1 aromatic heterocycles. The smallest absolute Gasteiger partial charge is 0.230 e. The minimum atomic E-state index is -0.553. The summed E-state index contributed by atoms with van der Waals surface area (Å²) in [6, 6.07) is 17.5. The molecule has 1 fully saturated rings. The van der Waals surface area contributed by atoms with Gasteiger partial charge in [0.2, 0.25) is 11.7 Å². The van der Waals surface area contributed by atoms with Crippen LogP contribution < -0.4 is 5.32 Å². The maximum Gasteiger partial charge on any atom is 0.230 e. The number of ether oxygens (including phenoxy) is 1. The highest BCUT2D eigenvalue weighted by Crippen LogP contribution is 2.38. The van der Waals surface area contributed by atoms with Crippen LogP contribution in [0.4, 0.5) is 0 Å². The first kappa shape index (κ1) is 21.3. The molecule has 7 heteroatoms. The van der Waals surface area contributed by atoms with Crippen LogP contribution in [0.1, 0.15) is 34.5 Å². The van der Waals surface area contributed by atoms with Gasteiger partial charge in [0.1, 0.15) is 5.69 Å². The van der Waals surface area contributed by atoms with Crippen LogP contribution in [0.15, 0.2) is 70.6 Å². The van der Waals surface area contributed by atoms with E-state index in [1.165, 1.54) is 0 Å². The van der Waals surface area contributed by atoms with Gasteiger partial charge in [-0.25, -0.2) is 0 Å². The van der Waals surface area contributed by atoms with E-state index >= 15 is 0 Å². The van der Waals surface area contributed by atoms with E-state index in [4.69, 9.17) is 4.74 Å². The summed E-state index contributed by atoms with van der Waals surface area (Å²) in [4.78, 5) is 27.5. The number of aromatic nitrogens is 2. The Morgan fingerprint density at radius 2 is 1.81 bits per heavy atom. The van der Waals surface area contributed by atoms with Crippen molar-refractivity contribution in [2.24, 2.45) is 7.05 Å². The maximum absolute atomic E-state index is 12.8. The highest BCUT2D eigenvalue weighted by molar-refractivity contribution is 7.99. The number of rotatable bonds is 6. The van der Waals surface area contributed by atoms with Crippen molar-refractivity contribution in [3.8, 4) is 0 Å². The lowest BCUT2D eigenvalue weighted by Gasteiger charge is -2.36. The molecule has 0 spiro atoms. The van der Waals surface area contributed by atoms with Crippen LogP contribution in [0.2, 0.25) is 0 Å². The van der Waals surface area contributed by atoms with E-state index in [9.17, 15) is 9.59 Å². The first-order valence-corrected chi connectivity index (χ1v) is 11.1. The Morgan fingerprint density at radius 3 is 2.45 bits per heavy atom. The van der Waals surface area contributed by atoms with E-state index < -0.39 is 5.41 Å². The second kappa shape index (κ2) is 9.08. The first-order valence-electron chi connectivity index (χ1n) is 10.2. The maximum atomic E-state index is 12.8. The summed E-state index contributed by atoms with van der Waals surface area (Å²) in [7, 11) is 3.45. The average molecular weight is 436 g/mol. The van der Waals surface area contributed by atoms with Gasteiger partial charge >= 0.3 is 0 Å². The topological polar surface area (TPSA) is 73.2 Å². The van der Waals surface area contributed by atoms with Crippen LogP contribution >= 0.6 is 11.8 Å². The average Bonchev–Trinajstić information content (AvgIpc) is 3.25. The van der Waals surface area contributed by atoms with Crippen molar-refractivity contribution in [3.63, 3.8) is 0 Å². The number of amides is 1. The molecule has 0 bridgehead atoms. The molecular formula is C24H25N3O3S. The van der Waals surface area contributed by atoms with Crippen LogP contribution in [-0.4, -0.2) is 41.7 Å². The number of hydrogen-bond acceptors (Lipinski definition) is 5. The molecule has 1 amide bonds. The lowest BCUT2D eigenvalue weighted by atomic mass is 9.73. The fraction of sp³-hybridized carbons (Fsp3) is 0.292. The van der Waals surface area contributed by atoms with Crippen LogP contribution in [0.5, 0.6) is 0 Å². The molecule has 0 aliphatic carbocycles. The van der Waals surface area contributed by atoms with E-state index in [2.05, 4.69) is 16.5 Å². The van der Waals surface area contributed by atoms with Crippen molar-refractivity contribution in [1.29, 1.82) is 0 Å². The fourth-order valence-electron chi connectivity index (χ4n) is 4.02. The van der Waals surface area contributed by atoms with Crippen LogP contribution in [0.25, 0.3) is 0 Å². The van der Waals surface area contributed by atoms with Gasteiger partial charge in [-0.05, 0) is 60.9 Å². The first-order chi connectivity index (χ1) is 15.0. The third-order valence-electron chi connectivity index (χ3n) is 5.80. The molecule has 1 aliphatic rings. The number of carbonyl (C=O) groups excluding carboxylic acids is 2. The van der Waals surface area contributed by atoms with Gasteiger partial charge in [0.15, 0.2) is 0 Å². The Labute approximate surface area is 186 Å². The summed E-state index contributed by atoms with van der Waals surface area (Å²) >= 11 is 1.61. The molecule has 2 heterocycles. The number of likely N-dealkylation sites (N-methyl/N-ethyl adjacent to an activating group) is 1. The van der Waals surface area contributed by atoms with E-state index in [1.54, 1.807) is 42.8 Å².